The van der Waals surface area contributed by atoms with Crippen molar-refractivity contribution in [1.29, 1.82) is 0 Å². The maximum atomic E-state index is 15.1. The molecule has 1 saturated carbocycles. The molecule has 0 N–H and O–H groups in total. The molecular weight excluding hydrogens is 638 g/mol. The highest BCUT2D eigenvalue weighted by Gasteiger charge is 2.56. The molecular formula is C33H33F4N5O4S. The Bertz CT molecular complexity index is 2040. The number of anilines is 1. The summed E-state index contributed by atoms with van der Waals surface area (Å²) in [5.41, 5.74) is -1.35. The molecule has 248 valence electrons. The van der Waals surface area contributed by atoms with Gasteiger partial charge in [-0.2, -0.15) is 9.40 Å². The number of rotatable bonds is 7. The summed E-state index contributed by atoms with van der Waals surface area (Å²) in [5, 5.41) is 4.82. The van der Waals surface area contributed by atoms with E-state index in [-0.39, 0.29) is 25.1 Å². The number of hydrogen-bond donors (Lipinski definition) is 0. The number of fused-ring (bicyclic) bond motifs is 1. The van der Waals surface area contributed by atoms with Gasteiger partial charge in [-0.15, -0.1) is 0 Å². The summed E-state index contributed by atoms with van der Waals surface area (Å²) in [5.74, 6) is -8.29. The molecule has 9 nitrogen and oxygen atoms in total. The van der Waals surface area contributed by atoms with E-state index in [4.69, 9.17) is 0 Å². The standard InChI is InChI=1S/C33H33F4N5O4S/c1-19-26(34)28(36)29(37)30(27(19)35)47(45,46)42-14-13-33(42,2)32(44)41(24-11-12-25-22(15-24)17-39-40(3)31(25)43)18-23-10-9-21(16-38-23)20-7-5-4-6-8-20/h9-12,15-17,20H,4-8,13-14,18H2,1-3H3. The van der Waals surface area contributed by atoms with Gasteiger partial charge in [-0.25, -0.2) is 30.7 Å². The van der Waals surface area contributed by atoms with Gasteiger partial charge in [0.25, 0.3) is 5.56 Å². The predicted octanol–water partition coefficient (Wildman–Crippen LogP) is 5.63. The number of benzene rings is 2. The van der Waals surface area contributed by atoms with Crippen LogP contribution in [0.5, 0.6) is 0 Å². The summed E-state index contributed by atoms with van der Waals surface area (Å²) < 4.78 is 87.4. The molecule has 1 unspecified atom stereocenters. The monoisotopic (exact) mass is 671 g/mol. The number of aromatic nitrogens is 3. The maximum Gasteiger partial charge on any atom is 0.274 e. The number of pyridine rings is 1. The maximum absolute atomic E-state index is 15.1. The number of aryl methyl sites for hydroxylation is 1. The SMILES string of the molecule is Cc1c(F)c(F)c(F)c(S(=O)(=O)N2CCC2(C)C(=O)N(Cc2ccc(C3CCCCC3)cn2)c2ccc3c(=O)n(C)ncc3c2)c1F. The molecule has 6 rings (SSSR count). The Labute approximate surface area is 268 Å². The average molecular weight is 672 g/mol. The zero-order valence-electron chi connectivity index (χ0n) is 26.1. The van der Waals surface area contributed by atoms with Gasteiger partial charge in [0.2, 0.25) is 15.9 Å². The van der Waals surface area contributed by atoms with Crippen molar-refractivity contribution in [2.75, 3.05) is 11.4 Å². The molecule has 0 spiro atoms. The van der Waals surface area contributed by atoms with E-state index in [1.54, 1.807) is 18.3 Å². The van der Waals surface area contributed by atoms with Crippen LogP contribution in [0.15, 0.2) is 52.4 Å². The number of sulfonamides is 1. The normalized spacial score (nSPS) is 19.1. The molecule has 1 atom stereocenters. The first kappa shape index (κ1) is 32.8. The molecule has 3 heterocycles. The van der Waals surface area contributed by atoms with Crippen LogP contribution in [0.3, 0.4) is 0 Å². The summed E-state index contributed by atoms with van der Waals surface area (Å²) >= 11 is 0. The molecule has 1 saturated heterocycles. The van der Waals surface area contributed by atoms with Crippen LogP contribution < -0.4 is 10.5 Å². The quantitative estimate of drug-likeness (QED) is 0.143. The highest BCUT2D eigenvalue weighted by Crippen LogP contribution is 2.41. The largest absolute Gasteiger partial charge is 0.305 e. The second kappa shape index (κ2) is 12.1. The average Bonchev–Trinajstić information content (AvgIpc) is 3.06. The Kier molecular flexibility index (Phi) is 8.45. The highest BCUT2D eigenvalue weighted by molar-refractivity contribution is 7.89. The molecule has 2 aliphatic rings. The van der Waals surface area contributed by atoms with Crippen LogP contribution >= 0.6 is 0 Å². The Morgan fingerprint density at radius 1 is 1.00 bits per heavy atom. The van der Waals surface area contributed by atoms with E-state index in [0.717, 1.165) is 38.2 Å². The predicted molar refractivity (Wildman–Crippen MR) is 166 cm³/mol. The minimum Gasteiger partial charge on any atom is -0.305 e. The summed E-state index contributed by atoms with van der Waals surface area (Å²) in [7, 11) is -3.67. The topological polar surface area (TPSA) is 105 Å². The Balaban J connectivity index is 1.40. The minimum atomic E-state index is -5.17. The third-order valence-corrected chi connectivity index (χ3v) is 11.6. The van der Waals surface area contributed by atoms with E-state index in [9.17, 15) is 31.2 Å². The van der Waals surface area contributed by atoms with Crippen LogP contribution in [-0.2, 0) is 28.4 Å². The van der Waals surface area contributed by atoms with Crippen molar-refractivity contribution in [1.82, 2.24) is 19.1 Å². The fourth-order valence-electron chi connectivity index (χ4n) is 6.53. The first-order valence-corrected chi connectivity index (χ1v) is 16.8. The van der Waals surface area contributed by atoms with Crippen molar-refractivity contribution in [2.24, 2.45) is 7.05 Å². The Morgan fingerprint density at radius 3 is 2.36 bits per heavy atom. The van der Waals surface area contributed by atoms with Gasteiger partial charge in [-0.1, -0.05) is 25.3 Å². The van der Waals surface area contributed by atoms with E-state index < -0.39 is 55.2 Å². The third-order valence-electron chi connectivity index (χ3n) is 9.53. The first-order valence-electron chi connectivity index (χ1n) is 15.3. The van der Waals surface area contributed by atoms with E-state index in [1.165, 1.54) is 48.3 Å². The number of carbonyl (C=O) groups is 1. The Hall–Kier alpha value is -4.17. The van der Waals surface area contributed by atoms with Crippen molar-refractivity contribution >= 4 is 32.4 Å². The number of nitrogens with zero attached hydrogens (tertiary/aromatic N) is 5. The fraction of sp³-hybridized carbons (Fsp3) is 0.394. The lowest BCUT2D eigenvalue weighted by Gasteiger charge is -2.49. The van der Waals surface area contributed by atoms with Crippen LogP contribution in [0.2, 0.25) is 0 Å². The van der Waals surface area contributed by atoms with Gasteiger partial charge >= 0.3 is 0 Å². The molecule has 4 aromatic rings. The molecule has 1 amide bonds. The molecule has 2 aromatic heterocycles. The number of amides is 1. The number of hydrogen-bond acceptors (Lipinski definition) is 6. The van der Waals surface area contributed by atoms with E-state index >= 15 is 4.39 Å². The van der Waals surface area contributed by atoms with Crippen molar-refractivity contribution in [2.45, 2.75) is 75.3 Å². The lowest BCUT2D eigenvalue weighted by atomic mass is 9.85. The molecule has 1 aliphatic heterocycles. The minimum absolute atomic E-state index is 0.0306. The number of carbonyl (C=O) groups excluding carboxylic acids is 1. The lowest BCUT2D eigenvalue weighted by molar-refractivity contribution is -0.132. The van der Waals surface area contributed by atoms with Crippen molar-refractivity contribution in [3.8, 4) is 0 Å². The van der Waals surface area contributed by atoms with Gasteiger partial charge in [0.05, 0.1) is 23.8 Å². The van der Waals surface area contributed by atoms with E-state index in [1.807, 2.05) is 6.07 Å². The van der Waals surface area contributed by atoms with Gasteiger partial charge in [0.15, 0.2) is 28.2 Å². The summed E-state index contributed by atoms with van der Waals surface area (Å²) in [6.07, 6.45) is 8.83. The van der Waals surface area contributed by atoms with Crippen LogP contribution in [-0.4, -0.2) is 45.5 Å². The summed E-state index contributed by atoms with van der Waals surface area (Å²) in [6, 6.07) is 8.40. The van der Waals surface area contributed by atoms with Gasteiger partial charge in [0, 0.05) is 36.4 Å². The van der Waals surface area contributed by atoms with Crippen molar-refractivity contribution < 1.29 is 30.8 Å². The molecule has 47 heavy (non-hydrogen) atoms. The van der Waals surface area contributed by atoms with Crippen molar-refractivity contribution in [3.63, 3.8) is 0 Å². The van der Waals surface area contributed by atoms with Gasteiger partial charge in [-0.05, 0) is 68.9 Å². The zero-order chi connectivity index (χ0) is 33.8. The first-order chi connectivity index (χ1) is 22.3. The van der Waals surface area contributed by atoms with Crippen molar-refractivity contribution in [3.05, 3.63) is 93.2 Å². The van der Waals surface area contributed by atoms with Crippen LogP contribution in [0.4, 0.5) is 23.2 Å². The molecule has 14 heteroatoms. The fourth-order valence-corrected chi connectivity index (χ4v) is 8.48. The summed E-state index contributed by atoms with van der Waals surface area (Å²) in [6.45, 7) is 1.69. The molecule has 0 bridgehead atoms. The smallest absolute Gasteiger partial charge is 0.274 e. The highest BCUT2D eigenvalue weighted by atomic mass is 32.2. The van der Waals surface area contributed by atoms with Gasteiger partial charge in [-0.3, -0.25) is 14.6 Å². The lowest BCUT2D eigenvalue weighted by Crippen LogP contribution is -2.67. The third kappa shape index (κ3) is 5.50. The van der Waals surface area contributed by atoms with Crippen LogP contribution in [0.25, 0.3) is 10.8 Å². The van der Waals surface area contributed by atoms with E-state index in [0.29, 0.717) is 32.4 Å². The second-order valence-electron chi connectivity index (χ2n) is 12.5. The van der Waals surface area contributed by atoms with Gasteiger partial charge < -0.3 is 4.90 Å². The Morgan fingerprint density at radius 2 is 1.72 bits per heavy atom. The van der Waals surface area contributed by atoms with Crippen LogP contribution in [0.1, 0.15) is 68.2 Å². The van der Waals surface area contributed by atoms with E-state index in [2.05, 4.69) is 10.1 Å². The van der Waals surface area contributed by atoms with Gasteiger partial charge in [0.1, 0.15) is 5.54 Å². The number of halogens is 4. The van der Waals surface area contributed by atoms with Crippen LogP contribution in [0, 0.1) is 30.2 Å². The second-order valence-corrected chi connectivity index (χ2v) is 14.3. The zero-order valence-corrected chi connectivity index (χ0v) is 26.9. The molecule has 2 fully saturated rings. The summed E-state index contributed by atoms with van der Waals surface area (Å²) in [4.78, 5) is 31.4. The molecule has 1 aliphatic carbocycles. The molecule has 0 radical (unpaired) electrons. The molecule has 2 aromatic carbocycles.